The predicted octanol–water partition coefficient (Wildman–Crippen LogP) is -2.23. The topological polar surface area (TPSA) is 160 Å². The summed E-state index contributed by atoms with van der Waals surface area (Å²) in [4.78, 5) is 30.0. The Balaban J connectivity index is 2.14. The van der Waals surface area contributed by atoms with Crippen molar-refractivity contribution in [1.82, 2.24) is 0 Å². The highest BCUT2D eigenvalue weighted by atomic mass is 31.2. The van der Waals surface area contributed by atoms with E-state index in [0.717, 1.165) is 0 Å². The average Bonchev–Trinajstić information content (AvgIpc) is 2.72. The van der Waals surface area contributed by atoms with Crippen molar-refractivity contribution >= 4 is 13.8 Å². The van der Waals surface area contributed by atoms with Crippen LogP contribution in [0.1, 0.15) is 16.6 Å². The molecule has 0 spiro atoms. The van der Waals surface area contributed by atoms with Crippen molar-refractivity contribution in [2.45, 2.75) is 24.5 Å². The lowest BCUT2D eigenvalue weighted by molar-refractivity contribution is -0.765. The van der Waals surface area contributed by atoms with Crippen LogP contribution in [-0.4, -0.2) is 51.1 Å². The molecule has 1 aromatic rings. The smallest absolute Gasteiger partial charge is 0.341 e. The second-order valence-electron chi connectivity index (χ2n) is 4.66. The van der Waals surface area contributed by atoms with E-state index in [1.54, 1.807) is 0 Å². The molecule has 4 N–H and O–H groups in total. The molecule has 1 fully saturated rings. The molecule has 0 bridgehead atoms. The van der Waals surface area contributed by atoms with Crippen molar-refractivity contribution in [2.24, 2.45) is 0 Å². The number of hydrogen-bond donors (Lipinski definition) is 4. The predicted molar refractivity (Wildman–Crippen MR) is 65.3 cm³/mol. The summed E-state index contributed by atoms with van der Waals surface area (Å²) in [5.41, 5.74) is -0.0630. The number of ether oxygens (including phenoxy) is 1. The second-order valence-corrected chi connectivity index (χ2v) is 5.85. The number of phosphoric acid groups is 1. The van der Waals surface area contributed by atoms with Crippen LogP contribution in [0.4, 0.5) is 0 Å². The Morgan fingerprint density at radius 3 is 2.73 bits per heavy atom. The van der Waals surface area contributed by atoms with E-state index in [0.29, 0.717) is 0 Å². The maximum absolute atomic E-state index is 10.9. The van der Waals surface area contributed by atoms with Crippen LogP contribution in [-0.2, 0) is 13.8 Å². The Bertz CT molecular complexity index is 603. The van der Waals surface area contributed by atoms with Gasteiger partial charge in [-0.3, -0.25) is 4.57 Å². The zero-order chi connectivity index (χ0) is 16.5. The Morgan fingerprint density at radius 1 is 1.45 bits per heavy atom. The molecule has 0 aromatic carbocycles. The summed E-state index contributed by atoms with van der Waals surface area (Å²) in [6.07, 6.45) is -2.65. The van der Waals surface area contributed by atoms with Crippen LogP contribution in [0.3, 0.4) is 0 Å². The monoisotopic (exact) mass is 335 g/mol. The van der Waals surface area contributed by atoms with Gasteiger partial charge in [0, 0.05) is 6.07 Å². The Morgan fingerprint density at radius 2 is 2.14 bits per heavy atom. The number of rotatable bonds is 5. The molecule has 2 rings (SSSR count). The summed E-state index contributed by atoms with van der Waals surface area (Å²) in [5.74, 6) is -1.19. The minimum Gasteiger partial charge on any atom is -0.756 e. The van der Waals surface area contributed by atoms with Gasteiger partial charge in [0.25, 0.3) is 14.1 Å². The molecule has 1 aliphatic rings. The highest BCUT2D eigenvalue weighted by Gasteiger charge is 2.48. The van der Waals surface area contributed by atoms with Gasteiger partial charge in [0.1, 0.15) is 17.8 Å². The van der Waals surface area contributed by atoms with Gasteiger partial charge in [-0.25, -0.2) is 4.79 Å². The zero-order valence-corrected chi connectivity index (χ0v) is 11.9. The molecule has 22 heavy (non-hydrogen) atoms. The van der Waals surface area contributed by atoms with Gasteiger partial charge in [-0.15, -0.1) is 0 Å². The van der Waals surface area contributed by atoms with Gasteiger partial charge in [0.2, 0.25) is 0 Å². The van der Waals surface area contributed by atoms with Crippen molar-refractivity contribution in [3.05, 3.63) is 30.1 Å². The van der Waals surface area contributed by atoms with Crippen LogP contribution >= 0.6 is 7.82 Å². The molecular weight excluding hydrogens is 321 g/mol. The summed E-state index contributed by atoms with van der Waals surface area (Å²) in [7, 11) is -4.98. The van der Waals surface area contributed by atoms with E-state index in [2.05, 4.69) is 4.52 Å². The van der Waals surface area contributed by atoms with Gasteiger partial charge in [0.15, 0.2) is 18.5 Å². The van der Waals surface area contributed by atoms with Gasteiger partial charge >= 0.3 is 5.97 Å². The lowest BCUT2D eigenvalue weighted by Crippen LogP contribution is -2.46. The van der Waals surface area contributed by atoms with Gasteiger partial charge in [0.05, 0.1) is 6.61 Å². The maximum atomic E-state index is 10.9. The first kappa shape index (κ1) is 17.0. The fraction of sp³-hybridized carbons (Fsp3) is 0.455. The molecule has 0 saturated carbocycles. The van der Waals surface area contributed by atoms with E-state index in [1.807, 2.05) is 0 Å². The Labute approximate surface area is 124 Å². The van der Waals surface area contributed by atoms with E-state index in [9.17, 15) is 24.5 Å². The first-order valence-corrected chi connectivity index (χ1v) is 7.62. The number of aliphatic hydroxyl groups is 2. The van der Waals surface area contributed by atoms with Crippen LogP contribution in [0, 0.1) is 0 Å². The van der Waals surface area contributed by atoms with E-state index in [-0.39, 0.29) is 5.56 Å². The highest BCUT2D eigenvalue weighted by molar-refractivity contribution is 7.44. The lowest BCUT2D eigenvalue weighted by atomic mass is 10.1. The third kappa shape index (κ3) is 3.87. The average molecular weight is 335 g/mol. The van der Waals surface area contributed by atoms with Crippen molar-refractivity contribution in [1.29, 1.82) is 0 Å². The molecule has 5 atom stereocenters. The van der Waals surface area contributed by atoms with E-state index >= 15 is 0 Å². The second kappa shape index (κ2) is 6.39. The molecule has 2 heterocycles. The van der Waals surface area contributed by atoms with Crippen LogP contribution in [0.2, 0.25) is 0 Å². The molecule has 0 radical (unpaired) electrons. The normalized spacial score (nSPS) is 30.9. The van der Waals surface area contributed by atoms with Crippen molar-refractivity contribution in [3.8, 4) is 0 Å². The summed E-state index contributed by atoms with van der Waals surface area (Å²) in [5, 5.41) is 28.7. The molecule has 1 saturated heterocycles. The van der Waals surface area contributed by atoms with Crippen LogP contribution in [0.5, 0.6) is 0 Å². The molecule has 0 amide bonds. The number of phosphoric ester groups is 1. The van der Waals surface area contributed by atoms with Crippen molar-refractivity contribution < 1.29 is 48.3 Å². The molecule has 1 aliphatic heterocycles. The largest absolute Gasteiger partial charge is 0.756 e. The standard InChI is InChI=1S/C11H14NO9P/c13-8-7(5-20-22(17,18)19)21-10(9(8)14)12-3-1-2-6(4-12)11(15)16/h1-4,7-10,13-14H,5H2,(H2-,15,16,17,18,19)/t7-,8?,9?,10-/m1/s1. The van der Waals surface area contributed by atoms with Gasteiger partial charge < -0.3 is 34.4 Å². The van der Waals surface area contributed by atoms with Crippen molar-refractivity contribution in [2.75, 3.05) is 6.61 Å². The third-order valence-corrected chi connectivity index (χ3v) is 3.58. The fourth-order valence-electron chi connectivity index (χ4n) is 2.06. The number of aromatic carboxylic acids is 1. The molecule has 1 aromatic heterocycles. The molecule has 3 unspecified atom stereocenters. The fourth-order valence-corrected chi connectivity index (χ4v) is 2.39. The first-order valence-electron chi connectivity index (χ1n) is 6.13. The molecule has 122 valence electrons. The molecule has 10 nitrogen and oxygen atoms in total. The van der Waals surface area contributed by atoms with Gasteiger partial charge in [-0.1, -0.05) is 0 Å². The number of hydrogen-bond acceptors (Lipinski definition) is 7. The Kier molecular flexibility index (Phi) is 4.93. The van der Waals surface area contributed by atoms with Gasteiger partial charge in [-0.2, -0.15) is 4.57 Å². The summed E-state index contributed by atoms with van der Waals surface area (Å²) >= 11 is 0. The maximum Gasteiger partial charge on any atom is 0.341 e. The van der Waals surface area contributed by atoms with Crippen LogP contribution in [0.15, 0.2) is 24.5 Å². The van der Waals surface area contributed by atoms with E-state index in [4.69, 9.17) is 14.7 Å². The van der Waals surface area contributed by atoms with Crippen molar-refractivity contribution in [3.63, 3.8) is 0 Å². The number of carboxylic acid groups (broad SMARTS) is 1. The number of pyridine rings is 1. The summed E-state index contributed by atoms with van der Waals surface area (Å²) < 4.78 is 21.2. The van der Waals surface area contributed by atoms with Crippen LogP contribution < -0.4 is 9.46 Å². The molecular formula is C11H14NO9P. The minimum atomic E-state index is -4.98. The quantitative estimate of drug-likeness (QED) is 0.345. The highest BCUT2D eigenvalue weighted by Crippen LogP contribution is 2.33. The lowest BCUT2D eigenvalue weighted by Gasteiger charge is -2.19. The minimum absolute atomic E-state index is 0.0630. The first-order chi connectivity index (χ1) is 10.2. The number of aromatic nitrogens is 1. The third-order valence-electron chi connectivity index (χ3n) is 3.10. The molecule has 11 heteroatoms. The molecule has 0 aliphatic carbocycles. The van der Waals surface area contributed by atoms with Crippen LogP contribution in [0.25, 0.3) is 0 Å². The zero-order valence-electron chi connectivity index (χ0n) is 11.1. The SMILES string of the molecule is O=C(O)c1ccc[n+]([C@@H]2O[C@H](COP(=O)([O-])O)C(O)C2O)c1. The number of carboxylic acids is 1. The Hall–Kier alpha value is -1.39. The van der Waals surface area contributed by atoms with E-state index < -0.39 is 44.9 Å². The van der Waals surface area contributed by atoms with E-state index in [1.165, 1.54) is 29.1 Å². The van der Waals surface area contributed by atoms with Gasteiger partial charge in [-0.05, 0) is 6.07 Å². The number of aliphatic hydroxyl groups excluding tert-OH is 2. The summed E-state index contributed by atoms with van der Waals surface area (Å²) in [6, 6.07) is 2.74. The number of nitrogens with zero attached hydrogens (tertiary/aromatic N) is 1. The summed E-state index contributed by atoms with van der Waals surface area (Å²) in [6.45, 7) is -0.689. The number of carbonyl (C=O) groups is 1.